The summed E-state index contributed by atoms with van der Waals surface area (Å²) < 4.78 is 18.3. The van der Waals surface area contributed by atoms with Crippen LogP contribution in [0.3, 0.4) is 0 Å². The molecule has 4 rings (SSSR count). The first-order valence-corrected chi connectivity index (χ1v) is 9.89. The predicted molar refractivity (Wildman–Crippen MR) is 119 cm³/mol. The van der Waals surface area contributed by atoms with Gasteiger partial charge in [0.25, 0.3) is 5.91 Å². The summed E-state index contributed by atoms with van der Waals surface area (Å²) in [7, 11) is 0. The van der Waals surface area contributed by atoms with Gasteiger partial charge in [-0.05, 0) is 67.7 Å². The van der Waals surface area contributed by atoms with Crippen LogP contribution in [0.1, 0.15) is 16.1 Å². The fourth-order valence-electron chi connectivity index (χ4n) is 2.81. The zero-order valence-corrected chi connectivity index (χ0v) is 17.5. The third kappa shape index (κ3) is 4.67. The molecule has 9 heteroatoms. The van der Waals surface area contributed by atoms with Crippen LogP contribution in [0.25, 0.3) is 11.1 Å². The van der Waals surface area contributed by atoms with E-state index in [4.69, 9.17) is 10.4 Å². The van der Waals surface area contributed by atoms with E-state index in [9.17, 15) is 9.18 Å². The Hall–Kier alpha value is -3.85. The Morgan fingerprint density at radius 1 is 1.00 bits per heavy atom. The van der Waals surface area contributed by atoms with E-state index in [2.05, 4.69) is 36.6 Å². The molecule has 1 aromatic heterocycles. The molecule has 31 heavy (non-hydrogen) atoms. The quantitative estimate of drug-likeness (QED) is 0.311. The molecule has 154 valence electrons. The number of benzene rings is 3. The van der Waals surface area contributed by atoms with Crippen molar-refractivity contribution in [2.45, 2.75) is 0 Å². The zero-order valence-electron chi connectivity index (χ0n) is 15.9. The normalized spacial score (nSPS) is 11.4. The molecule has 0 aliphatic rings. The van der Waals surface area contributed by atoms with Crippen LogP contribution in [-0.4, -0.2) is 22.1 Å². The highest BCUT2D eigenvalue weighted by atomic mass is 79.9. The lowest BCUT2D eigenvalue weighted by atomic mass is 10.0. The summed E-state index contributed by atoms with van der Waals surface area (Å²) in [6, 6.07) is 21.1. The molecule has 0 unspecified atom stereocenters. The number of hydrogen-bond donors (Lipinski definition) is 2. The van der Waals surface area contributed by atoms with E-state index in [0.29, 0.717) is 11.3 Å². The molecular formula is C22H15BrFN5O2. The van der Waals surface area contributed by atoms with Gasteiger partial charge in [0.2, 0.25) is 5.82 Å². The number of hydrogen-bond acceptors (Lipinski definition) is 5. The van der Waals surface area contributed by atoms with Gasteiger partial charge in [-0.3, -0.25) is 4.79 Å². The molecule has 0 radical (unpaired) electrons. The second-order valence-corrected chi connectivity index (χ2v) is 7.31. The molecule has 0 spiro atoms. The monoisotopic (exact) mass is 479 g/mol. The van der Waals surface area contributed by atoms with Crippen LogP contribution >= 0.6 is 15.9 Å². The molecule has 1 amide bonds. The minimum absolute atomic E-state index is 0.0274. The van der Waals surface area contributed by atoms with Crippen LogP contribution in [0.5, 0.6) is 0 Å². The Labute approximate surface area is 184 Å². The van der Waals surface area contributed by atoms with Gasteiger partial charge in [0, 0.05) is 5.56 Å². The molecule has 0 atom stereocenters. The standard InChI is InChI=1S/C22H15BrFN5O2/c23-17-12-16(10-11-18(17)24)26-20(25)19-21(29-31-28-19)27-22(30)15-8-6-14(7-9-15)13-4-2-1-3-5-13/h1-12H,(H2,25,26)(H,27,29,30). The Bertz CT molecular complexity index is 1260. The number of rotatable bonds is 5. The van der Waals surface area contributed by atoms with Crippen molar-refractivity contribution in [3.63, 3.8) is 0 Å². The van der Waals surface area contributed by atoms with Crippen LogP contribution in [0.4, 0.5) is 15.9 Å². The van der Waals surface area contributed by atoms with Gasteiger partial charge < -0.3 is 11.1 Å². The zero-order chi connectivity index (χ0) is 21.8. The number of nitrogens with two attached hydrogens (primary N) is 1. The van der Waals surface area contributed by atoms with Crippen molar-refractivity contribution < 1.29 is 13.8 Å². The number of carbonyl (C=O) groups excluding carboxylic acids is 1. The van der Waals surface area contributed by atoms with E-state index in [-0.39, 0.29) is 21.8 Å². The largest absolute Gasteiger partial charge is 0.382 e. The number of aliphatic imine (C=N–C) groups is 1. The Kier molecular flexibility index (Phi) is 5.85. The maximum atomic E-state index is 13.4. The van der Waals surface area contributed by atoms with Crippen molar-refractivity contribution in [1.82, 2.24) is 10.3 Å². The number of amides is 1. The molecule has 0 bridgehead atoms. The summed E-state index contributed by atoms with van der Waals surface area (Å²) in [6.45, 7) is 0. The van der Waals surface area contributed by atoms with Crippen molar-refractivity contribution in [3.8, 4) is 11.1 Å². The predicted octanol–water partition coefficient (Wildman–Crippen LogP) is 4.93. The highest BCUT2D eigenvalue weighted by molar-refractivity contribution is 9.10. The number of amidine groups is 1. The second-order valence-electron chi connectivity index (χ2n) is 6.45. The van der Waals surface area contributed by atoms with E-state index in [1.807, 2.05) is 42.5 Å². The molecule has 3 N–H and O–H groups in total. The van der Waals surface area contributed by atoms with E-state index < -0.39 is 11.7 Å². The van der Waals surface area contributed by atoms with Gasteiger partial charge >= 0.3 is 0 Å². The van der Waals surface area contributed by atoms with E-state index >= 15 is 0 Å². The van der Waals surface area contributed by atoms with Crippen LogP contribution < -0.4 is 11.1 Å². The number of halogens is 2. The summed E-state index contributed by atoms with van der Waals surface area (Å²) in [5.41, 5.74) is 8.90. The van der Waals surface area contributed by atoms with E-state index in [1.54, 1.807) is 12.1 Å². The Balaban J connectivity index is 1.52. The van der Waals surface area contributed by atoms with Crippen LogP contribution in [0, 0.1) is 5.82 Å². The van der Waals surface area contributed by atoms with Gasteiger partial charge in [-0.1, -0.05) is 42.5 Å². The molecule has 0 saturated heterocycles. The molecule has 0 aliphatic heterocycles. The second kappa shape index (κ2) is 8.88. The van der Waals surface area contributed by atoms with Crippen molar-refractivity contribution in [2.75, 3.05) is 5.32 Å². The van der Waals surface area contributed by atoms with Crippen LogP contribution in [0.15, 0.2) is 86.9 Å². The summed E-state index contributed by atoms with van der Waals surface area (Å²) >= 11 is 3.09. The van der Waals surface area contributed by atoms with Crippen molar-refractivity contribution >= 4 is 39.2 Å². The smallest absolute Gasteiger partial charge is 0.256 e. The molecule has 3 aromatic carbocycles. The molecular weight excluding hydrogens is 465 g/mol. The Morgan fingerprint density at radius 2 is 1.71 bits per heavy atom. The topological polar surface area (TPSA) is 106 Å². The van der Waals surface area contributed by atoms with Gasteiger partial charge in [-0.2, -0.15) is 0 Å². The SMILES string of the molecule is NC(=Nc1ccc(F)c(Br)c1)c1nonc1NC(=O)c1ccc(-c2ccccc2)cc1. The minimum atomic E-state index is -0.424. The van der Waals surface area contributed by atoms with Crippen molar-refractivity contribution in [3.05, 3.63) is 94.3 Å². The molecule has 0 aliphatic carbocycles. The third-order valence-corrected chi connectivity index (χ3v) is 4.98. The van der Waals surface area contributed by atoms with Crippen molar-refractivity contribution in [1.29, 1.82) is 0 Å². The lowest BCUT2D eigenvalue weighted by Gasteiger charge is -2.05. The van der Waals surface area contributed by atoms with Gasteiger partial charge in [-0.25, -0.2) is 14.0 Å². The summed E-state index contributed by atoms with van der Waals surface area (Å²) in [6.07, 6.45) is 0. The van der Waals surface area contributed by atoms with Crippen LogP contribution in [0.2, 0.25) is 0 Å². The lowest BCUT2D eigenvalue weighted by Crippen LogP contribution is -2.19. The van der Waals surface area contributed by atoms with Crippen LogP contribution in [-0.2, 0) is 0 Å². The Morgan fingerprint density at radius 3 is 2.42 bits per heavy atom. The lowest BCUT2D eigenvalue weighted by molar-refractivity contribution is 0.102. The number of nitrogens with one attached hydrogen (secondary N) is 1. The number of carbonyl (C=O) groups is 1. The van der Waals surface area contributed by atoms with Crippen molar-refractivity contribution in [2.24, 2.45) is 10.7 Å². The summed E-state index contributed by atoms with van der Waals surface area (Å²) in [5, 5.41) is 10.0. The molecule has 4 aromatic rings. The number of anilines is 1. The fraction of sp³-hybridized carbons (Fsp3) is 0. The van der Waals surface area contributed by atoms with E-state index in [1.165, 1.54) is 18.2 Å². The summed E-state index contributed by atoms with van der Waals surface area (Å²) in [4.78, 5) is 16.8. The van der Waals surface area contributed by atoms with Gasteiger partial charge in [0.15, 0.2) is 11.5 Å². The number of aromatic nitrogens is 2. The average molecular weight is 480 g/mol. The van der Waals surface area contributed by atoms with Gasteiger partial charge in [0.05, 0.1) is 10.2 Å². The first-order valence-electron chi connectivity index (χ1n) is 9.10. The minimum Gasteiger partial charge on any atom is -0.382 e. The average Bonchev–Trinajstić information content (AvgIpc) is 3.25. The molecule has 7 nitrogen and oxygen atoms in total. The maximum Gasteiger partial charge on any atom is 0.256 e. The maximum absolute atomic E-state index is 13.4. The van der Waals surface area contributed by atoms with Gasteiger partial charge in [-0.15, -0.1) is 0 Å². The van der Waals surface area contributed by atoms with E-state index in [0.717, 1.165) is 11.1 Å². The molecule has 1 heterocycles. The first-order chi connectivity index (χ1) is 15.0. The third-order valence-electron chi connectivity index (χ3n) is 4.37. The molecule has 0 saturated carbocycles. The first kappa shape index (κ1) is 20.4. The van der Waals surface area contributed by atoms with Gasteiger partial charge in [0.1, 0.15) is 5.82 Å². The molecule has 0 fully saturated rings. The summed E-state index contributed by atoms with van der Waals surface area (Å²) in [5.74, 6) is -0.852. The highest BCUT2D eigenvalue weighted by Crippen LogP contribution is 2.23. The number of nitrogens with zero attached hydrogens (tertiary/aromatic N) is 3. The fourth-order valence-corrected chi connectivity index (χ4v) is 3.18. The highest BCUT2D eigenvalue weighted by Gasteiger charge is 2.18.